The fourth-order valence-corrected chi connectivity index (χ4v) is 2.09. The normalized spacial score (nSPS) is 11.0. The van der Waals surface area contributed by atoms with Crippen molar-refractivity contribution in [3.63, 3.8) is 0 Å². The third-order valence-corrected chi connectivity index (χ3v) is 3.07. The Labute approximate surface area is 104 Å². The van der Waals surface area contributed by atoms with Gasteiger partial charge in [0.1, 0.15) is 5.69 Å². The van der Waals surface area contributed by atoms with Gasteiger partial charge in [-0.05, 0) is 35.1 Å². The average Bonchev–Trinajstić information content (AvgIpc) is 2.61. The van der Waals surface area contributed by atoms with Crippen LogP contribution in [0.2, 0.25) is 0 Å². The predicted octanol–water partition coefficient (Wildman–Crippen LogP) is 2.29. The highest BCUT2D eigenvalue weighted by Crippen LogP contribution is 2.15. The maximum absolute atomic E-state index is 11.0. The molecule has 1 aromatic rings. The van der Waals surface area contributed by atoms with E-state index < -0.39 is 5.97 Å². The van der Waals surface area contributed by atoms with Gasteiger partial charge in [-0.15, -0.1) is 0 Å². The Bertz CT molecular complexity index is 359. The molecule has 0 atom stereocenters. The summed E-state index contributed by atoms with van der Waals surface area (Å²) in [7, 11) is 0. The van der Waals surface area contributed by atoms with Crippen LogP contribution in [0.4, 0.5) is 0 Å². The lowest BCUT2D eigenvalue weighted by molar-refractivity contribution is 0.0684. The van der Waals surface area contributed by atoms with E-state index in [-0.39, 0.29) is 0 Å². The predicted molar refractivity (Wildman–Crippen MR) is 66.9 cm³/mol. The second-order valence-electron chi connectivity index (χ2n) is 3.57. The molecule has 0 saturated carbocycles. The maximum atomic E-state index is 11.0. The van der Waals surface area contributed by atoms with Gasteiger partial charge < -0.3 is 14.6 Å². The fourth-order valence-electron chi connectivity index (χ4n) is 1.63. The van der Waals surface area contributed by atoms with E-state index in [9.17, 15) is 4.79 Å². The van der Waals surface area contributed by atoms with E-state index in [1.807, 2.05) is 6.20 Å². The molecule has 1 aromatic heterocycles. The molecular formula is C11H17BrN2O2. The summed E-state index contributed by atoms with van der Waals surface area (Å²) in [5, 5.41) is 9.00. The summed E-state index contributed by atoms with van der Waals surface area (Å²) in [6, 6.07) is 1.63. The molecule has 1 rings (SSSR count). The average molecular weight is 289 g/mol. The molecule has 0 amide bonds. The Balaban J connectivity index is 2.69. The van der Waals surface area contributed by atoms with Crippen LogP contribution in [0.15, 0.2) is 16.7 Å². The number of aromatic carboxylic acids is 1. The molecule has 0 saturated heterocycles. The van der Waals surface area contributed by atoms with Crippen LogP contribution in [-0.2, 0) is 6.54 Å². The first kappa shape index (κ1) is 13.3. The maximum Gasteiger partial charge on any atom is 0.352 e. The molecule has 0 aliphatic heterocycles. The highest BCUT2D eigenvalue weighted by atomic mass is 79.9. The molecule has 0 aliphatic carbocycles. The molecule has 0 radical (unpaired) electrons. The van der Waals surface area contributed by atoms with Gasteiger partial charge in [-0.25, -0.2) is 4.79 Å². The van der Waals surface area contributed by atoms with Gasteiger partial charge >= 0.3 is 5.97 Å². The number of likely N-dealkylation sites (N-methyl/N-ethyl adjacent to an activating group) is 1. The van der Waals surface area contributed by atoms with E-state index in [1.165, 1.54) is 0 Å². The molecule has 0 fully saturated rings. The molecule has 4 nitrogen and oxygen atoms in total. The van der Waals surface area contributed by atoms with Gasteiger partial charge in [0.15, 0.2) is 0 Å². The van der Waals surface area contributed by atoms with E-state index in [2.05, 4.69) is 34.7 Å². The number of carboxylic acid groups (broad SMARTS) is 1. The molecule has 1 N–H and O–H groups in total. The monoisotopic (exact) mass is 288 g/mol. The summed E-state index contributed by atoms with van der Waals surface area (Å²) >= 11 is 3.29. The van der Waals surface area contributed by atoms with Crippen molar-refractivity contribution in [2.75, 3.05) is 19.6 Å². The van der Waals surface area contributed by atoms with Crippen molar-refractivity contribution in [3.05, 3.63) is 22.4 Å². The van der Waals surface area contributed by atoms with Crippen LogP contribution in [0.25, 0.3) is 0 Å². The van der Waals surface area contributed by atoms with E-state index in [0.717, 1.165) is 24.1 Å². The van der Waals surface area contributed by atoms with Crippen LogP contribution in [0.3, 0.4) is 0 Å². The topological polar surface area (TPSA) is 45.5 Å². The van der Waals surface area contributed by atoms with E-state index in [4.69, 9.17) is 5.11 Å². The highest BCUT2D eigenvalue weighted by molar-refractivity contribution is 9.10. The van der Waals surface area contributed by atoms with Crippen LogP contribution < -0.4 is 0 Å². The van der Waals surface area contributed by atoms with E-state index >= 15 is 0 Å². The Morgan fingerprint density at radius 2 is 2.12 bits per heavy atom. The lowest BCUT2D eigenvalue weighted by Gasteiger charge is -2.18. The summed E-state index contributed by atoms with van der Waals surface area (Å²) < 4.78 is 2.58. The molecule has 0 unspecified atom stereocenters. The zero-order valence-electron chi connectivity index (χ0n) is 9.61. The molecule has 16 heavy (non-hydrogen) atoms. The standard InChI is InChI=1S/C11H17BrN2O2/c1-3-13(4-2)5-6-14-8-9(12)7-10(14)11(15)16/h7-8H,3-6H2,1-2H3,(H,15,16). The number of carboxylic acids is 1. The number of nitrogens with zero attached hydrogens (tertiary/aromatic N) is 2. The van der Waals surface area contributed by atoms with Crippen molar-refractivity contribution < 1.29 is 9.90 Å². The number of carbonyl (C=O) groups is 1. The lowest BCUT2D eigenvalue weighted by atomic mass is 10.4. The van der Waals surface area contributed by atoms with Gasteiger partial charge in [0.25, 0.3) is 0 Å². The SMILES string of the molecule is CCN(CC)CCn1cc(Br)cc1C(=O)O. The van der Waals surface area contributed by atoms with Gasteiger partial charge in [0.05, 0.1) is 0 Å². The summed E-state index contributed by atoms with van der Waals surface area (Å²) in [6.07, 6.45) is 1.81. The van der Waals surface area contributed by atoms with Crippen molar-refractivity contribution >= 4 is 21.9 Å². The first-order chi connectivity index (χ1) is 7.58. The largest absolute Gasteiger partial charge is 0.477 e. The van der Waals surface area contributed by atoms with Crippen LogP contribution in [0, 0.1) is 0 Å². The zero-order chi connectivity index (χ0) is 12.1. The first-order valence-electron chi connectivity index (χ1n) is 5.39. The molecular weight excluding hydrogens is 272 g/mol. The molecule has 1 heterocycles. The second kappa shape index (κ2) is 6.06. The Kier molecular flexibility index (Phi) is 5.02. The van der Waals surface area contributed by atoms with Crippen molar-refractivity contribution in [1.29, 1.82) is 0 Å². The number of aromatic nitrogens is 1. The quantitative estimate of drug-likeness (QED) is 0.874. The fraction of sp³-hybridized carbons (Fsp3) is 0.545. The van der Waals surface area contributed by atoms with Crippen molar-refractivity contribution in [2.24, 2.45) is 0 Å². The zero-order valence-corrected chi connectivity index (χ0v) is 11.2. The number of hydrogen-bond donors (Lipinski definition) is 1. The Morgan fingerprint density at radius 1 is 1.50 bits per heavy atom. The molecule has 5 heteroatoms. The third kappa shape index (κ3) is 3.35. The molecule has 0 bridgehead atoms. The highest BCUT2D eigenvalue weighted by Gasteiger charge is 2.11. The van der Waals surface area contributed by atoms with Crippen molar-refractivity contribution in [2.45, 2.75) is 20.4 Å². The minimum absolute atomic E-state index is 0.332. The van der Waals surface area contributed by atoms with Crippen LogP contribution in [-0.4, -0.2) is 40.2 Å². The van der Waals surface area contributed by atoms with Crippen molar-refractivity contribution in [1.82, 2.24) is 9.47 Å². The van der Waals surface area contributed by atoms with Crippen molar-refractivity contribution in [3.8, 4) is 0 Å². The molecule has 0 aromatic carbocycles. The van der Waals surface area contributed by atoms with Crippen LogP contribution >= 0.6 is 15.9 Å². The van der Waals surface area contributed by atoms with E-state index in [0.29, 0.717) is 12.2 Å². The summed E-state index contributed by atoms with van der Waals surface area (Å²) in [5.41, 5.74) is 0.332. The van der Waals surface area contributed by atoms with Gasteiger partial charge in [-0.1, -0.05) is 13.8 Å². The van der Waals surface area contributed by atoms with Gasteiger partial charge in [0.2, 0.25) is 0 Å². The third-order valence-electron chi connectivity index (χ3n) is 2.63. The van der Waals surface area contributed by atoms with E-state index in [1.54, 1.807) is 10.6 Å². The smallest absolute Gasteiger partial charge is 0.352 e. The number of hydrogen-bond acceptors (Lipinski definition) is 2. The molecule has 0 aliphatic rings. The van der Waals surface area contributed by atoms with Gasteiger partial charge in [-0.3, -0.25) is 0 Å². The number of rotatable bonds is 6. The summed E-state index contributed by atoms with van der Waals surface area (Å²) in [6.45, 7) is 7.76. The summed E-state index contributed by atoms with van der Waals surface area (Å²) in [4.78, 5) is 13.2. The minimum Gasteiger partial charge on any atom is -0.477 e. The molecule has 0 spiro atoms. The number of halogens is 1. The van der Waals surface area contributed by atoms with Gasteiger partial charge in [0, 0.05) is 23.8 Å². The second-order valence-corrected chi connectivity index (χ2v) is 4.48. The Morgan fingerprint density at radius 3 is 2.62 bits per heavy atom. The lowest BCUT2D eigenvalue weighted by Crippen LogP contribution is -2.27. The van der Waals surface area contributed by atoms with Crippen LogP contribution in [0.5, 0.6) is 0 Å². The first-order valence-corrected chi connectivity index (χ1v) is 6.19. The van der Waals surface area contributed by atoms with Crippen LogP contribution in [0.1, 0.15) is 24.3 Å². The Hall–Kier alpha value is -0.810. The summed E-state index contributed by atoms with van der Waals surface area (Å²) in [5.74, 6) is -0.884. The minimum atomic E-state index is -0.884. The molecule has 90 valence electrons. The van der Waals surface area contributed by atoms with Gasteiger partial charge in [-0.2, -0.15) is 0 Å².